The Morgan fingerprint density at radius 1 is 1.10 bits per heavy atom. The number of nitrogens with zero attached hydrogens (tertiary/aromatic N) is 3. The van der Waals surface area contributed by atoms with Crippen molar-refractivity contribution < 1.29 is 22.5 Å². The molecule has 1 aliphatic heterocycles. The normalized spacial score (nSPS) is 16.8. The molecule has 2 heterocycles. The number of carbonyl (C=O) groups excluding carboxylic acids is 1. The molecule has 0 radical (unpaired) electrons. The lowest BCUT2D eigenvalue weighted by atomic mass is 9.96. The van der Waals surface area contributed by atoms with Crippen LogP contribution in [0.2, 0.25) is 0 Å². The van der Waals surface area contributed by atoms with Crippen LogP contribution in [-0.2, 0) is 11.2 Å². The van der Waals surface area contributed by atoms with Crippen molar-refractivity contribution in [2.45, 2.75) is 25.2 Å². The average Bonchev–Trinajstić information content (AvgIpc) is 3.21. The zero-order valence-electron chi connectivity index (χ0n) is 15.4. The molecule has 2 aromatic carbocycles. The van der Waals surface area contributed by atoms with Gasteiger partial charge < -0.3 is 9.42 Å². The van der Waals surface area contributed by atoms with Crippen LogP contribution < -0.4 is 0 Å². The zero-order chi connectivity index (χ0) is 20.4. The predicted molar refractivity (Wildman–Crippen MR) is 98.3 cm³/mol. The Bertz CT molecular complexity index is 1020. The summed E-state index contributed by atoms with van der Waals surface area (Å²) in [4.78, 5) is 18.6. The molecule has 0 bridgehead atoms. The van der Waals surface area contributed by atoms with Crippen molar-refractivity contribution in [3.05, 3.63) is 71.3 Å². The first kappa shape index (κ1) is 19.2. The largest absolute Gasteiger partial charge is 0.342 e. The Kier molecular flexibility index (Phi) is 5.33. The van der Waals surface area contributed by atoms with Crippen molar-refractivity contribution >= 4 is 5.91 Å². The fourth-order valence-corrected chi connectivity index (χ4v) is 3.46. The molecule has 29 heavy (non-hydrogen) atoms. The minimum atomic E-state index is -0.728. The van der Waals surface area contributed by atoms with E-state index in [0.717, 1.165) is 25.0 Å². The zero-order valence-corrected chi connectivity index (χ0v) is 15.4. The second-order valence-corrected chi connectivity index (χ2v) is 7.06. The number of benzene rings is 2. The van der Waals surface area contributed by atoms with Gasteiger partial charge in [-0.05, 0) is 48.7 Å². The molecule has 5 nitrogen and oxygen atoms in total. The summed E-state index contributed by atoms with van der Waals surface area (Å²) < 4.78 is 45.3. The number of carbonyl (C=O) groups is 1. The molecule has 0 saturated carbocycles. The van der Waals surface area contributed by atoms with Gasteiger partial charge in [0.2, 0.25) is 5.91 Å². The summed E-state index contributed by atoms with van der Waals surface area (Å²) in [6.07, 6.45) is 1.41. The Morgan fingerprint density at radius 2 is 1.86 bits per heavy atom. The summed E-state index contributed by atoms with van der Waals surface area (Å²) in [6, 6.07) is 8.95. The predicted octanol–water partition coefficient (Wildman–Crippen LogP) is 4.10. The lowest BCUT2D eigenvalue weighted by molar-refractivity contribution is -0.131. The molecule has 1 fully saturated rings. The molecule has 0 aliphatic carbocycles. The summed E-state index contributed by atoms with van der Waals surface area (Å²) in [5.41, 5.74) is 0.775. The lowest BCUT2D eigenvalue weighted by Gasteiger charge is -2.31. The van der Waals surface area contributed by atoms with Gasteiger partial charge in [0, 0.05) is 30.6 Å². The molecule has 1 atom stereocenters. The number of hydrogen-bond donors (Lipinski definition) is 0. The molecular formula is C21H18F3N3O2. The van der Waals surface area contributed by atoms with Gasteiger partial charge in [-0.25, -0.2) is 13.2 Å². The highest BCUT2D eigenvalue weighted by molar-refractivity contribution is 5.79. The van der Waals surface area contributed by atoms with Gasteiger partial charge >= 0.3 is 0 Å². The molecule has 1 aromatic heterocycles. The van der Waals surface area contributed by atoms with Crippen LogP contribution in [0.3, 0.4) is 0 Å². The van der Waals surface area contributed by atoms with Crippen LogP contribution in [0.25, 0.3) is 11.5 Å². The van der Waals surface area contributed by atoms with E-state index < -0.39 is 11.6 Å². The van der Waals surface area contributed by atoms with Crippen molar-refractivity contribution in [3.63, 3.8) is 0 Å². The van der Waals surface area contributed by atoms with Crippen LogP contribution in [0.5, 0.6) is 0 Å². The van der Waals surface area contributed by atoms with Crippen LogP contribution in [0.1, 0.15) is 30.1 Å². The summed E-state index contributed by atoms with van der Waals surface area (Å²) in [5.74, 6) is -1.33. The van der Waals surface area contributed by atoms with Crippen molar-refractivity contribution in [1.82, 2.24) is 15.0 Å². The van der Waals surface area contributed by atoms with E-state index in [0.29, 0.717) is 24.5 Å². The monoisotopic (exact) mass is 401 g/mol. The Balaban J connectivity index is 1.44. The lowest BCUT2D eigenvalue weighted by Crippen LogP contribution is -2.40. The third kappa shape index (κ3) is 4.31. The van der Waals surface area contributed by atoms with Gasteiger partial charge in [-0.1, -0.05) is 11.2 Å². The molecular weight excluding hydrogens is 383 g/mol. The second-order valence-electron chi connectivity index (χ2n) is 7.06. The second kappa shape index (κ2) is 8.06. The SMILES string of the molecule is O=C(Cc1ccc(F)cc1F)N1CCCC(c2noc(-c3ccc(F)cc3)n2)C1. The molecule has 1 unspecified atom stereocenters. The number of rotatable bonds is 4. The molecule has 1 saturated heterocycles. The highest BCUT2D eigenvalue weighted by atomic mass is 19.1. The molecule has 1 amide bonds. The van der Waals surface area contributed by atoms with E-state index in [1.165, 1.54) is 18.2 Å². The number of hydrogen-bond acceptors (Lipinski definition) is 4. The van der Waals surface area contributed by atoms with E-state index in [2.05, 4.69) is 10.1 Å². The molecule has 8 heteroatoms. The number of piperidine rings is 1. The summed E-state index contributed by atoms with van der Waals surface area (Å²) in [5, 5.41) is 4.02. The standard InChI is InChI=1S/C21H18F3N3O2/c22-16-6-3-13(4-7-16)21-25-20(26-29-21)15-2-1-9-27(12-15)19(28)10-14-5-8-17(23)11-18(14)24/h3-8,11,15H,1-2,9-10,12H2. The fraction of sp³-hybridized carbons (Fsp3) is 0.286. The highest BCUT2D eigenvalue weighted by Gasteiger charge is 2.28. The number of amides is 1. The van der Waals surface area contributed by atoms with Gasteiger partial charge in [0.15, 0.2) is 5.82 Å². The van der Waals surface area contributed by atoms with Gasteiger partial charge in [0.05, 0.1) is 6.42 Å². The third-order valence-corrected chi connectivity index (χ3v) is 5.03. The van der Waals surface area contributed by atoms with Crippen LogP contribution in [-0.4, -0.2) is 34.0 Å². The maximum Gasteiger partial charge on any atom is 0.257 e. The number of halogens is 3. The van der Waals surface area contributed by atoms with E-state index in [9.17, 15) is 18.0 Å². The van der Waals surface area contributed by atoms with Gasteiger partial charge in [0.25, 0.3) is 5.89 Å². The summed E-state index contributed by atoms with van der Waals surface area (Å²) in [7, 11) is 0. The van der Waals surface area contributed by atoms with Gasteiger partial charge in [-0.3, -0.25) is 4.79 Å². The smallest absolute Gasteiger partial charge is 0.257 e. The van der Waals surface area contributed by atoms with Gasteiger partial charge in [-0.15, -0.1) is 0 Å². The first-order chi connectivity index (χ1) is 14.0. The van der Waals surface area contributed by atoms with Crippen LogP contribution in [0, 0.1) is 17.5 Å². The Labute approximate surface area is 165 Å². The fourth-order valence-electron chi connectivity index (χ4n) is 3.46. The molecule has 0 N–H and O–H groups in total. The van der Waals surface area contributed by atoms with Crippen LogP contribution >= 0.6 is 0 Å². The first-order valence-corrected chi connectivity index (χ1v) is 9.31. The van der Waals surface area contributed by atoms with E-state index in [-0.39, 0.29) is 35.5 Å². The summed E-state index contributed by atoms with van der Waals surface area (Å²) in [6.45, 7) is 0.949. The topological polar surface area (TPSA) is 59.2 Å². The highest BCUT2D eigenvalue weighted by Crippen LogP contribution is 2.27. The van der Waals surface area contributed by atoms with E-state index in [1.807, 2.05) is 0 Å². The minimum absolute atomic E-state index is 0.108. The maximum atomic E-state index is 13.8. The van der Waals surface area contributed by atoms with E-state index >= 15 is 0 Å². The molecule has 1 aliphatic rings. The Morgan fingerprint density at radius 3 is 2.62 bits per heavy atom. The van der Waals surface area contributed by atoms with Gasteiger partial charge in [-0.2, -0.15) is 4.98 Å². The summed E-state index contributed by atoms with van der Waals surface area (Å²) >= 11 is 0. The van der Waals surface area contributed by atoms with Gasteiger partial charge in [0.1, 0.15) is 17.5 Å². The van der Waals surface area contributed by atoms with Crippen LogP contribution in [0.4, 0.5) is 13.2 Å². The maximum absolute atomic E-state index is 13.8. The molecule has 3 aromatic rings. The van der Waals surface area contributed by atoms with Crippen molar-refractivity contribution in [3.8, 4) is 11.5 Å². The Hall–Kier alpha value is -3.16. The quantitative estimate of drug-likeness (QED) is 0.660. The van der Waals surface area contributed by atoms with Crippen LogP contribution in [0.15, 0.2) is 47.0 Å². The van der Waals surface area contributed by atoms with Crippen molar-refractivity contribution in [2.75, 3.05) is 13.1 Å². The molecule has 4 rings (SSSR count). The number of aromatic nitrogens is 2. The molecule has 0 spiro atoms. The first-order valence-electron chi connectivity index (χ1n) is 9.31. The number of likely N-dealkylation sites (tertiary alicyclic amines) is 1. The van der Waals surface area contributed by atoms with E-state index in [4.69, 9.17) is 4.52 Å². The van der Waals surface area contributed by atoms with E-state index in [1.54, 1.807) is 17.0 Å². The van der Waals surface area contributed by atoms with Crippen molar-refractivity contribution in [1.29, 1.82) is 0 Å². The average molecular weight is 401 g/mol. The molecule has 150 valence electrons. The third-order valence-electron chi connectivity index (χ3n) is 5.03. The van der Waals surface area contributed by atoms with Crippen molar-refractivity contribution in [2.24, 2.45) is 0 Å². The minimum Gasteiger partial charge on any atom is -0.342 e.